The molecule has 0 atom stereocenters. The van der Waals surface area contributed by atoms with Crippen molar-refractivity contribution in [1.29, 1.82) is 0 Å². The molecule has 1 nitrogen and oxygen atoms in total. The summed E-state index contributed by atoms with van der Waals surface area (Å²) in [7, 11) is 2.97. The van der Waals surface area contributed by atoms with Gasteiger partial charge in [-0.3, -0.25) is 0 Å². The second kappa shape index (κ2) is 4.72. The van der Waals surface area contributed by atoms with Crippen LogP contribution in [0.1, 0.15) is 16.7 Å². The van der Waals surface area contributed by atoms with Crippen LogP contribution in [0, 0.1) is 11.6 Å². The van der Waals surface area contributed by atoms with E-state index in [1.807, 2.05) is 6.26 Å². The largest absolute Gasteiger partial charge is 0.308 e. The molecule has 15 heavy (non-hydrogen) atoms. The molecule has 0 bridgehead atoms. The Hall–Kier alpha value is -0.260. The average Bonchev–Trinajstić information content (AvgIpc) is 2.65. The normalized spacial score (nSPS) is 14.3. The molecule has 0 saturated carbocycles. The van der Waals surface area contributed by atoms with Crippen molar-refractivity contribution in [3.05, 3.63) is 34.4 Å². The maximum atomic E-state index is 13.9. The van der Waals surface area contributed by atoms with Gasteiger partial charge in [-0.05, 0) is 17.9 Å². The van der Waals surface area contributed by atoms with E-state index in [0.717, 1.165) is 5.56 Å². The topological polar surface area (TPSA) is 12.0 Å². The number of rotatable bonds is 3. The Morgan fingerprint density at radius 2 is 2.20 bits per heavy atom. The quantitative estimate of drug-likeness (QED) is 0.824. The zero-order valence-electron chi connectivity index (χ0n) is 8.27. The summed E-state index contributed by atoms with van der Waals surface area (Å²) in [4.78, 5) is 0. The van der Waals surface area contributed by atoms with Gasteiger partial charge in [0, 0.05) is 30.0 Å². The van der Waals surface area contributed by atoms with E-state index in [4.69, 9.17) is 0 Å². The maximum absolute atomic E-state index is 13.9. The minimum absolute atomic E-state index is 0.205. The molecule has 0 radical (unpaired) electrons. The van der Waals surface area contributed by atoms with Gasteiger partial charge in [0.25, 0.3) is 0 Å². The van der Waals surface area contributed by atoms with Crippen molar-refractivity contribution in [2.24, 2.45) is 0 Å². The van der Waals surface area contributed by atoms with Crippen LogP contribution in [-0.2, 0) is 18.8 Å². The third kappa shape index (κ3) is 2.14. The van der Waals surface area contributed by atoms with E-state index in [9.17, 15) is 8.78 Å². The Morgan fingerprint density at radius 3 is 2.93 bits per heavy atom. The van der Waals surface area contributed by atoms with Crippen LogP contribution in [-0.4, -0.2) is 6.26 Å². The summed E-state index contributed by atoms with van der Waals surface area (Å²) in [6.07, 6.45) is 1.90. The highest BCUT2D eigenvalue weighted by molar-refractivity contribution is 8.76. The van der Waals surface area contributed by atoms with E-state index < -0.39 is 5.82 Å². The summed E-state index contributed by atoms with van der Waals surface area (Å²) in [5.74, 6) is -0.403. The van der Waals surface area contributed by atoms with Crippen LogP contribution < -0.4 is 5.32 Å². The lowest BCUT2D eigenvalue weighted by Crippen LogP contribution is -2.01. The average molecular weight is 247 g/mol. The van der Waals surface area contributed by atoms with Crippen LogP contribution in [0.2, 0.25) is 0 Å². The fourth-order valence-corrected chi connectivity index (χ4v) is 2.88. The van der Waals surface area contributed by atoms with Crippen molar-refractivity contribution in [2.45, 2.75) is 18.8 Å². The number of hydrogen-bond acceptors (Lipinski definition) is 3. The predicted octanol–water partition coefficient (Wildman–Crippen LogP) is 3.08. The molecular weight excluding hydrogens is 236 g/mol. The van der Waals surface area contributed by atoms with Crippen molar-refractivity contribution in [1.82, 2.24) is 5.32 Å². The summed E-state index contributed by atoms with van der Waals surface area (Å²) in [5, 5.41) is 3.02. The van der Waals surface area contributed by atoms with Gasteiger partial charge in [-0.1, -0.05) is 21.6 Å². The highest BCUT2D eigenvalue weighted by Crippen LogP contribution is 2.30. The lowest BCUT2D eigenvalue weighted by molar-refractivity contribution is 0.556. The van der Waals surface area contributed by atoms with Crippen LogP contribution >= 0.6 is 21.6 Å². The number of nitrogens with one attached hydrogen (secondary N) is 1. The molecule has 0 saturated heterocycles. The summed E-state index contributed by atoms with van der Waals surface area (Å²) >= 11 is 0. The number of halogens is 2. The van der Waals surface area contributed by atoms with Gasteiger partial charge >= 0.3 is 0 Å². The first-order chi connectivity index (χ1) is 7.24. The summed E-state index contributed by atoms with van der Waals surface area (Å²) < 4.78 is 27.4. The summed E-state index contributed by atoms with van der Waals surface area (Å²) in [6.45, 7) is 1.08. The Balaban J connectivity index is 2.37. The van der Waals surface area contributed by atoms with E-state index in [0.29, 0.717) is 24.4 Å². The fourth-order valence-electron chi connectivity index (χ4n) is 1.68. The zero-order valence-corrected chi connectivity index (χ0v) is 9.90. The number of hydrogen-bond donors (Lipinski definition) is 1. The SMILES string of the molecule is CSSCc1c(F)cc2c(c1F)CNC2. The van der Waals surface area contributed by atoms with E-state index >= 15 is 0 Å². The molecule has 1 aromatic carbocycles. The zero-order chi connectivity index (χ0) is 10.8. The third-order valence-electron chi connectivity index (χ3n) is 2.45. The minimum Gasteiger partial charge on any atom is -0.308 e. The van der Waals surface area contributed by atoms with E-state index in [2.05, 4.69) is 5.32 Å². The van der Waals surface area contributed by atoms with Gasteiger partial charge in [-0.2, -0.15) is 0 Å². The fraction of sp³-hybridized carbons (Fsp3) is 0.400. The van der Waals surface area contributed by atoms with Crippen molar-refractivity contribution in [3.63, 3.8) is 0 Å². The molecular formula is C10H11F2NS2. The molecule has 0 spiro atoms. The van der Waals surface area contributed by atoms with E-state index in [-0.39, 0.29) is 11.4 Å². The molecule has 0 unspecified atom stereocenters. The van der Waals surface area contributed by atoms with Crippen molar-refractivity contribution in [2.75, 3.05) is 6.26 Å². The molecule has 2 rings (SSSR count). The first-order valence-electron chi connectivity index (χ1n) is 4.59. The molecule has 1 aliphatic heterocycles. The number of fused-ring (bicyclic) bond motifs is 1. The smallest absolute Gasteiger partial charge is 0.135 e. The van der Waals surface area contributed by atoms with Gasteiger partial charge in [0.2, 0.25) is 0 Å². The molecule has 0 aromatic heterocycles. The molecule has 5 heteroatoms. The molecule has 0 fully saturated rings. The third-order valence-corrected chi connectivity index (χ3v) is 4.15. The second-order valence-corrected chi connectivity index (χ2v) is 5.89. The number of benzene rings is 1. The van der Waals surface area contributed by atoms with E-state index in [1.165, 1.54) is 27.7 Å². The van der Waals surface area contributed by atoms with Crippen LogP contribution in [0.15, 0.2) is 6.07 Å². The standard InChI is InChI=1S/C10H11F2NS2/c1-14-15-5-8-9(11)2-6-3-13-4-7(6)10(8)12/h2,13H,3-5H2,1H3. The van der Waals surface area contributed by atoms with Crippen molar-refractivity contribution < 1.29 is 8.78 Å². The molecule has 0 amide bonds. The molecule has 82 valence electrons. The van der Waals surface area contributed by atoms with Crippen molar-refractivity contribution in [3.8, 4) is 0 Å². The van der Waals surface area contributed by atoms with Crippen LogP contribution in [0.25, 0.3) is 0 Å². The summed E-state index contributed by atoms with van der Waals surface area (Å²) in [5.41, 5.74) is 1.59. The Morgan fingerprint density at radius 1 is 1.40 bits per heavy atom. The van der Waals surface area contributed by atoms with E-state index in [1.54, 1.807) is 0 Å². The van der Waals surface area contributed by atoms with Gasteiger partial charge in [-0.25, -0.2) is 8.78 Å². The van der Waals surface area contributed by atoms with Gasteiger partial charge < -0.3 is 5.32 Å². The minimum atomic E-state index is -0.420. The second-order valence-electron chi connectivity index (χ2n) is 3.32. The van der Waals surface area contributed by atoms with Crippen LogP contribution in [0.5, 0.6) is 0 Å². The molecule has 1 aromatic rings. The van der Waals surface area contributed by atoms with Crippen LogP contribution in [0.3, 0.4) is 0 Å². The summed E-state index contributed by atoms with van der Waals surface area (Å²) in [6, 6.07) is 1.45. The van der Waals surface area contributed by atoms with Gasteiger partial charge in [0.15, 0.2) is 0 Å². The molecule has 1 heterocycles. The van der Waals surface area contributed by atoms with Crippen molar-refractivity contribution >= 4 is 21.6 Å². The van der Waals surface area contributed by atoms with Gasteiger partial charge in [-0.15, -0.1) is 0 Å². The van der Waals surface area contributed by atoms with Gasteiger partial charge in [0.05, 0.1) is 0 Å². The first-order valence-corrected chi connectivity index (χ1v) is 7.31. The molecule has 0 aliphatic carbocycles. The van der Waals surface area contributed by atoms with Crippen LogP contribution in [0.4, 0.5) is 8.78 Å². The Kier molecular flexibility index (Phi) is 3.53. The first kappa shape index (κ1) is 11.2. The van der Waals surface area contributed by atoms with Gasteiger partial charge in [0.1, 0.15) is 11.6 Å². The molecule has 1 aliphatic rings. The maximum Gasteiger partial charge on any atom is 0.135 e. The predicted molar refractivity (Wildman–Crippen MR) is 61.7 cm³/mol. The Bertz CT molecular complexity index is 382. The highest BCUT2D eigenvalue weighted by atomic mass is 33.1. The Labute approximate surface area is 95.4 Å². The lowest BCUT2D eigenvalue weighted by Gasteiger charge is -2.08. The highest BCUT2D eigenvalue weighted by Gasteiger charge is 2.21. The lowest BCUT2D eigenvalue weighted by atomic mass is 10.1. The monoisotopic (exact) mass is 247 g/mol. The molecule has 1 N–H and O–H groups in total.